The highest BCUT2D eigenvalue weighted by molar-refractivity contribution is 5.92. The molecule has 3 heteroatoms. The monoisotopic (exact) mass is 326 g/mol. The van der Waals surface area contributed by atoms with E-state index in [0.29, 0.717) is 0 Å². The van der Waals surface area contributed by atoms with Gasteiger partial charge in [-0.2, -0.15) is 5.10 Å². The Labute approximate surface area is 146 Å². The van der Waals surface area contributed by atoms with Crippen LogP contribution < -0.4 is 4.74 Å². The second-order valence-corrected chi connectivity index (χ2v) is 5.81. The molecule has 0 bridgehead atoms. The first kappa shape index (κ1) is 15.2. The summed E-state index contributed by atoms with van der Waals surface area (Å²) in [6, 6.07) is 24.6. The molecule has 0 aliphatic rings. The summed E-state index contributed by atoms with van der Waals surface area (Å²) in [6.45, 7) is 0. The van der Waals surface area contributed by atoms with E-state index in [0.717, 1.165) is 39.0 Å². The lowest BCUT2D eigenvalue weighted by Crippen LogP contribution is -1.87. The highest BCUT2D eigenvalue weighted by atomic mass is 16.5. The van der Waals surface area contributed by atoms with Gasteiger partial charge in [0.2, 0.25) is 0 Å². The molecule has 0 saturated carbocycles. The zero-order valence-electron chi connectivity index (χ0n) is 13.9. The number of ether oxygens (including phenoxy) is 1. The number of benzene rings is 3. The van der Waals surface area contributed by atoms with Crippen molar-refractivity contribution in [3.05, 3.63) is 84.1 Å². The lowest BCUT2D eigenvalue weighted by Gasteiger charge is -2.08. The Hall–Kier alpha value is -3.33. The number of hydrogen-bond acceptors (Lipinski definition) is 2. The van der Waals surface area contributed by atoms with Crippen molar-refractivity contribution in [3.8, 4) is 16.9 Å². The lowest BCUT2D eigenvalue weighted by atomic mass is 10.0. The molecular weight excluding hydrogens is 308 g/mol. The van der Waals surface area contributed by atoms with E-state index in [9.17, 15) is 0 Å². The number of aromatic nitrogens is 2. The molecule has 3 aromatic carbocycles. The second-order valence-electron chi connectivity index (χ2n) is 5.81. The molecule has 0 radical (unpaired) electrons. The average molecular weight is 326 g/mol. The van der Waals surface area contributed by atoms with Gasteiger partial charge in [0.25, 0.3) is 0 Å². The normalized spacial score (nSPS) is 11.2. The average Bonchev–Trinajstić information content (AvgIpc) is 3.09. The molecule has 1 N–H and O–H groups in total. The van der Waals surface area contributed by atoms with Crippen molar-refractivity contribution in [1.82, 2.24) is 10.2 Å². The zero-order chi connectivity index (χ0) is 17.1. The van der Waals surface area contributed by atoms with Crippen LogP contribution in [-0.2, 0) is 0 Å². The molecular formula is C22H18N2O. The van der Waals surface area contributed by atoms with Crippen molar-refractivity contribution >= 4 is 23.1 Å². The minimum absolute atomic E-state index is 0.866. The van der Waals surface area contributed by atoms with E-state index in [4.69, 9.17) is 4.74 Å². The standard InChI is InChI=1S/C22H18N2O/c1-25-22-10-6-5-9-18(22)17-12-13-19-20(23-24-21(19)15-17)14-11-16-7-3-2-4-8-16/h2-15H,1H3,(H,23,24)/b14-11+. The van der Waals surface area contributed by atoms with Gasteiger partial charge in [-0.3, -0.25) is 5.10 Å². The molecule has 4 rings (SSSR count). The first-order valence-electron chi connectivity index (χ1n) is 8.20. The first-order valence-corrected chi connectivity index (χ1v) is 8.20. The molecule has 0 aliphatic carbocycles. The van der Waals surface area contributed by atoms with Crippen molar-refractivity contribution in [2.24, 2.45) is 0 Å². The van der Waals surface area contributed by atoms with Crippen molar-refractivity contribution in [2.45, 2.75) is 0 Å². The first-order chi connectivity index (χ1) is 12.3. The van der Waals surface area contributed by atoms with Crippen LogP contribution >= 0.6 is 0 Å². The molecule has 0 saturated heterocycles. The Morgan fingerprint density at radius 2 is 1.68 bits per heavy atom. The summed E-state index contributed by atoms with van der Waals surface area (Å²) in [6.07, 6.45) is 4.11. The van der Waals surface area contributed by atoms with Gasteiger partial charge in [-0.05, 0) is 35.4 Å². The molecule has 0 unspecified atom stereocenters. The van der Waals surface area contributed by atoms with Crippen LogP contribution in [0.2, 0.25) is 0 Å². The third-order valence-corrected chi connectivity index (χ3v) is 4.24. The molecule has 122 valence electrons. The second kappa shape index (κ2) is 6.65. The van der Waals surface area contributed by atoms with Crippen molar-refractivity contribution < 1.29 is 4.74 Å². The molecule has 0 amide bonds. The van der Waals surface area contributed by atoms with Gasteiger partial charge in [-0.25, -0.2) is 0 Å². The predicted octanol–water partition coefficient (Wildman–Crippen LogP) is 5.41. The van der Waals surface area contributed by atoms with E-state index in [1.807, 2.05) is 42.5 Å². The van der Waals surface area contributed by atoms with Crippen LogP contribution in [0.3, 0.4) is 0 Å². The Bertz CT molecular complexity index is 1030. The molecule has 0 aliphatic heterocycles. The number of H-pyrrole nitrogens is 1. The summed E-state index contributed by atoms with van der Waals surface area (Å²) in [5.74, 6) is 0.866. The molecule has 4 aromatic rings. The number of para-hydroxylation sites is 1. The third-order valence-electron chi connectivity index (χ3n) is 4.24. The summed E-state index contributed by atoms with van der Waals surface area (Å²) >= 11 is 0. The van der Waals surface area contributed by atoms with Crippen LogP contribution in [0.5, 0.6) is 5.75 Å². The Balaban J connectivity index is 1.71. The number of hydrogen-bond donors (Lipinski definition) is 1. The molecule has 1 aromatic heterocycles. The van der Waals surface area contributed by atoms with Gasteiger partial charge in [0.05, 0.1) is 18.3 Å². The summed E-state index contributed by atoms with van der Waals surface area (Å²) in [4.78, 5) is 0. The van der Waals surface area contributed by atoms with Crippen LogP contribution in [0.4, 0.5) is 0 Å². The third kappa shape index (κ3) is 3.04. The number of nitrogens with zero attached hydrogens (tertiary/aromatic N) is 1. The van der Waals surface area contributed by atoms with Crippen LogP contribution in [0.15, 0.2) is 72.8 Å². The van der Waals surface area contributed by atoms with Crippen LogP contribution in [0, 0.1) is 0 Å². The van der Waals surface area contributed by atoms with Gasteiger partial charge < -0.3 is 4.74 Å². The number of aromatic amines is 1. The van der Waals surface area contributed by atoms with Crippen LogP contribution in [-0.4, -0.2) is 17.3 Å². The highest BCUT2D eigenvalue weighted by Gasteiger charge is 2.08. The van der Waals surface area contributed by atoms with E-state index in [2.05, 4.69) is 52.7 Å². The topological polar surface area (TPSA) is 37.9 Å². The maximum absolute atomic E-state index is 5.47. The van der Waals surface area contributed by atoms with E-state index in [1.165, 1.54) is 0 Å². The molecule has 0 spiro atoms. The zero-order valence-corrected chi connectivity index (χ0v) is 13.9. The summed E-state index contributed by atoms with van der Waals surface area (Å²) in [5.41, 5.74) is 5.28. The van der Waals surface area contributed by atoms with Gasteiger partial charge >= 0.3 is 0 Å². The highest BCUT2D eigenvalue weighted by Crippen LogP contribution is 2.32. The van der Waals surface area contributed by atoms with Crippen molar-refractivity contribution in [1.29, 1.82) is 0 Å². The Morgan fingerprint density at radius 1 is 0.880 bits per heavy atom. The fraction of sp³-hybridized carbons (Fsp3) is 0.0455. The van der Waals surface area contributed by atoms with E-state index >= 15 is 0 Å². The SMILES string of the molecule is COc1ccccc1-c1ccc2c(/C=C/c3ccccc3)n[nH]c2c1. The number of methoxy groups -OCH3 is 1. The van der Waals surface area contributed by atoms with Crippen LogP contribution in [0.1, 0.15) is 11.3 Å². The Morgan fingerprint density at radius 3 is 2.52 bits per heavy atom. The summed E-state index contributed by atoms with van der Waals surface area (Å²) in [5, 5.41) is 8.68. The van der Waals surface area contributed by atoms with Gasteiger partial charge in [0.1, 0.15) is 5.75 Å². The molecule has 1 heterocycles. The molecule has 25 heavy (non-hydrogen) atoms. The smallest absolute Gasteiger partial charge is 0.126 e. The fourth-order valence-electron chi connectivity index (χ4n) is 2.96. The predicted molar refractivity (Wildman–Crippen MR) is 103 cm³/mol. The number of nitrogens with one attached hydrogen (secondary N) is 1. The molecule has 3 nitrogen and oxygen atoms in total. The van der Waals surface area contributed by atoms with Gasteiger partial charge in [-0.15, -0.1) is 0 Å². The largest absolute Gasteiger partial charge is 0.496 e. The van der Waals surface area contributed by atoms with E-state index < -0.39 is 0 Å². The maximum Gasteiger partial charge on any atom is 0.126 e. The summed E-state index contributed by atoms with van der Waals surface area (Å²) in [7, 11) is 1.69. The van der Waals surface area contributed by atoms with E-state index in [-0.39, 0.29) is 0 Å². The lowest BCUT2D eigenvalue weighted by molar-refractivity contribution is 0.416. The quantitative estimate of drug-likeness (QED) is 0.544. The van der Waals surface area contributed by atoms with Gasteiger partial charge in [-0.1, -0.05) is 60.7 Å². The minimum Gasteiger partial charge on any atom is -0.496 e. The molecule has 0 atom stereocenters. The van der Waals surface area contributed by atoms with Gasteiger partial charge in [0, 0.05) is 10.9 Å². The minimum atomic E-state index is 0.866. The van der Waals surface area contributed by atoms with Crippen molar-refractivity contribution in [2.75, 3.05) is 7.11 Å². The fourth-order valence-corrected chi connectivity index (χ4v) is 2.96. The molecule has 0 fully saturated rings. The Kier molecular flexibility index (Phi) is 4.05. The van der Waals surface area contributed by atoms with E-state index in [1.54, 1.807) is 7.11 Å². The number of rotatable bonds is 4. The van der Waals surface area contributed by atoms with Crippen LogP contribution in [0.25, 0.3) is 34.2 Å². The maximum atomic E-state index is 5.47. The summed E-state index contributed by atoms with van der Waals surface area (Å²) < 4.78 is 5.47. The number of fused-ring (bicyclic) bond motifs is 1. The van der Waals surface area contributed by atoms with Gasteiger partial charge in [0.15, 0.2) is 0 Å². The van der Waals surface area contributed by atoms with Crippen molar-refractivity contribution in [3.63, 3.8) is 0 Å².